The van der Waals surface area contributed by atoms with E-state index in [1.165, 1.54) is 32.1 Å². The van der Waals surface area contributed by atoms with Gasteiger partial charge in [-0.05, 0) is 72.5 Å². The number of rotatable bonds is 1. The molecule has 2 heterocycles. The number of nitrogens with one attached hydrogen (secondary N) is 1. The molecule has 4 fully saturated rings. The van der Waals surface area contributed by atoms with E-state index in [1.54, 1.807) is 0 Å². The fourth-order valence-electron chi connectivity index (χ4n) is 7.55. The Bertz CT molecular complexity index is 511. The second-order valence-electron chi connectivity index (χ2n) is 11.6. The normalized spacial score (nSPS) is 54.8. The van der Waals surface area contributed by atoms with Crippen LogP contribution in [0.1, 0.15) is 80.6 Å². The Kier molecular flexibility index (Phi) is 5.26. The quantitative estimate of drug-likeness (QED) is 0.581. The summed E-state index contributed by atoms with van der Waals surface area (Å²) in [5, 5.41) is 6.05. The second kappa shape index (κ2) is 6.97. The lowest BCUT2D eigenvalue weighted by molar-refractivity contribution is 0.0465. The van der Waals surface area contributed by atoms with Gasteiger partial charge in [0.25, 0.3) is 0 Å². The van der Waals surface area contributed by atoms with Gasteiger partial charge in [0, 0.05) is 22.6 Å². The first-order valence-electron chi connectivity index (χ1n) is 11.6. The average molecular weight is 378 g/mol. The largest absolute Gasteiger partial charge is 0.310 e. The predicted octanol–water partition coefficient (Wildman–Crippen LogP) is 6.23. The lowest BCUT2D eigenvalue weighted by atomic mass is 9.64. The van der Waals surface area contributed by atoms with Gasteiger partial charge >= 0.3 is 0 Å². The van der Waals surface area contributed by atoms with Gasteiger partial charge in [0.15, 0.2) is 0 Å². The highest BCUT2D eigenvalue weighted by molar-refractivity contribution is 8.00. The smallest absolute Gasteiger partial charge is 0.0130 e. The van der Waals surface area contributed by atoms with Crippen molar-refractivity contribution in [1.82, 2.24) is 5.32 Å². The molecule has 0 bridgehead atoms. The van der Waals surface area contributed by atoms with Gasteiger partial charge in [-0.2, -0.15) is 11.8 Å². The maximum Gasteiger partial charge on any atom is 0.0130 e. The molecule has 11 atom stereocenters. The molecule has 0 amide bonds. The van der Waals surface area contributed by atoms with Crippen LogP contribution in [0.5, 0.6) is 0 Å². The van der Waals surface area contributed by atoms with Gasteiger partial charge < -0.3 is 5.32 Å². The van der Waals surface area contributed by atoms with Crippen molar-refractivity contribution in [2.75, 3.05) is 0 Å². The van der Waals surface area contributed by atoms with E-state index in [2.05, 4.69) is 65.5 Å². The maximum atomic E-state index is 4.25. The minimum absolute atomic E-state index is 0.398. The second-order valence-corrected chi connectivity index (χ2v) is 13.1. The molecule has 0 aromatic rings. The van der Waals surface area contributed by atoms with Gasteiger partial charge in [0.2, 0.25) is 0 Å². The van der Waals surface area contributed by atoms with Crippen molar-refractivity contribution in [3.8, 4) is 0 Å². The van der Waals surface area contributed by atoms with Crippen molar-refractivity contribution in [3.05, 3.63) is 0 Å². The molecule has 150 valence electrons. The number of fused-ring (bicyclic) bond motifs is 2. The molecular formula is C24H43NS. The zero-order valence-electron chi connectivity index (χ0n) is 18.3. The van der Waals surface area contributed by atoms with Crippen LogP contribution in [0.25, 0.3) is 0 Å². The van der Waals surface area contributed by atoms with Gasteiger partial charge in [-0.1, -0.05) is 54.9 Å². The van der Waals surface area contributed by atoms with Crippen LogP contribution >= 0.6 is 11.8 Å². The van der Waals surface area contributed by atoms with Crippen LogP contribution < -0.4 is 5.32 Å². The Hall–Kier alpha value is 0.310. The van der Waals surface area contributed by atoms with Gasteiger partial charge in [-0.15, -0.1) is 0 Å². The molecule has 0 radical (unpaired) electrons. The van der Waals surface area contributed by atoms with Gasteiger partial charge in [0.05, 0.1) is 0 Å². The topological polar surface area (TPSA) is 12.0 Å². The summed E-state index contributed by atoms with van der Waals surface area (Å²) in [5.74, 6) is 6.54. The molecule has 0 aromatic heterocycles. The molecule has 4 rings (SSSR count). The average Bonchev–Trinajstić information content (AvgIpc) is 3.00. The monoisotopic (exact) mass is 377 g/mol. The molecule has 2 saturated carbocycles. The minimum atomic E-state index is 0.398. The lowest BCUT2D eigenvalue weighted by Crippen LogP contribution is -2.58. The van der Waals surface area contributed by atoms with Crippen LogP contribution in [0.4, 0.5) is 0 Å². The molecule has 2 aliphatic carbocycles. The van der Waals surface area contributed by atoms with E-state index in [-0.39, 0.29) is 0 Å². The van der Waals surface area contributed by atoms with E-state index in [9.17, 15) is 0 Å². The molecule has 2 aliphatic heterocycles. The summed E-state index contributed by atoms with van der Waals surface area (Å²) in [6, 6.07) is 1.51. The van der Waals surface area contributed by atoms with Crippen LogP contribution in [-0.2, 0) is 0 Å². The Labute approximate surface area is 167 Å². The van der Waals surface area contributed by atoms with Crippen molar-refractivity contribution in [3.63, 3.8) is 0 Å². The van der Waals surface area contributed by atoms with E-state index in [0.717, 1.165) is 58.0 Å². The first-order valence-corrected chi connectivity index (χ1v) is 12.6. The highest BCUT2D eigenvalue weighted by atomic mass is 32.2. The molecule has 0 spiro atoms. The molecule has 11 unspecified atom stereocenters. The van der Waals surface area contributed by atoms with Crippen LogP contribution in [0.3, 0.4) is 0 Å². The summed E-state index contributed by atoms with van der Waals surface area (Å²) >= 11 is 2.37. The van der Waals surface area contributed by atoms with E-state index < -0.39 is 0 Å². The molecule has 1 nitrogen and oxygen atoms in total. The van der Waals surface area contributed by atoms with E-state index >= 15 is 0 Å². The third kappa shape index (κ3) is 3.10. The Morgan fingerprint density at radius 2 is 1.50 bits per heavy atom. The van der Waals surface area contributed by atoms with Crippen molar-refractivity contribution < 1.29 is 0 Å². The summed E-state index contributed by atoms with van der Waals surface area (Å²) in [6.45, 7) is 17.6. The summed E-state index contributed by atoms with van der Waals surface area (Å²) in [7, 11) is 0. The van der Waals surface area contributed by atoms with Crippen LogP contribution in [-0.4, -0.2) is 22.6 Å². The molecule has 0 aromatic carbocycles. The number of thioether (sulfide) groups is 1. The van der Waals surface area contributed by atoms with Crippen LogP contribution in [0, 0.1) is 46.8 Å². The van der Waals surface area contributed by atoms with Crippen molar-refractivity contribution in [2.45, 2.75) is 103 Å². The zero-order chi connectivity index (χ0) is 18.8. The lowest BCUT2D eigenvalue weighted by Gasteiger charge is -2.51. The van der Waals surface area contributed by atoms with Crippen LogP contribution in [0.2, 0.25) is 0 Å². The molecule has 1 N–H and O–H groups in total. The maximum absolute atomic E-state index is 4.25. The standard InChI is InChI=1S/C24H43NS/c1-13-14(2)21(23-20(13)15(3)16(4)26-23)18-10-8-9-17-11-12-19(24(5,6)7)25-22(17)18/h13-23,25H,8-12H2,1-7H3. The number of piperidine rings is 1. The third-order valence-electron chi connectivity index (χ3n) is 9.36. The number of hydrogen-bond acceptors (Lipinski definition) is 2. The molecule has 26 heavy (non-hydrogen) atoms. The van der Waals surface area contributed by atoms with E-state index in [1.807, 2.05) is 0 Å². The number of hydrogen-bond donors (Lipinski definition) is 1. The molecule has 4 aliphatic rings. The fraction of sp³-hybridized carbons (Fsp3) is 1.00. The summed E-state index contributed by atoms with van der Waals surface area (Å²) in [6.07, 6.45) is 7.32. The highest BCUT2D eigenvalue weighted by Crippen LogP contribution is 2.61. The first kappa shape index (κ1) is 19.6. The van der Waals surface area contributed by atoms with Crippen molar-refractivity contribution in [2.24, 2.45) is 46.8 Å². The third-order valence-corrected chi connectivity index (χ3v) is 11.2. The van der Waals surface area contributed by atoms with Crippen molar-refractivity contribution in [1.29, 1.82) is 0 Å². The predicted molar refractivity (Wildman–Crippen MR) is 116 cm³/mol. The van der Waals surface area contributed by atoms with Gasteiger partial charge in [-0.3, -0.25) is 0 Å². The highest BCUT2D eigenvalue weighted by Gasteiger charge is 2.58. The van der Waals surface area contributed by atoms with Gasteiger partial charge in [-0.25, -0.2) is 0 Å². The zero-order valence-corrected chi connectivity index (χ0v) is 19.1. The van der Waals surface area contributed by atoms with E-state index in [4.69, 9.17) is 0 Å². The Morgan fingerprint density at radius 1 is 0.808 bits per heavy atom. The SMILES string of the molecule is CC1SC2C(C1C)C(C)C(C)C2C1CCCC2CCC(C(C)(C)C)NC21. The molecular weight excluding hydrogens is 334 g/mol. The Balaban J connectivity index is 1.59. The first-order chi connectivity index (χ1) is 12.2. The van der Waals surface area contributed by atoms with E-state index in [0.29, 0.717) is 11.5 Å². The van der Waals surface area contributed by atoms with Crippen molar-refractivity contribution >= 4 is 11.8 Å². The summed E-state index contributed by atoms with van der Waals surface area (Å²) < 4.78 is 0. The molecule has 2 heteroatoms. The minimum Gasteiger partial charge on any atom is -0.310 e. The fourth-order valence-corrected chi connectivity index (χ4v) is 9.79. The summed E-state index contributed by atoms with van der Waals surface area (Å²) in [5.41, 5.74) is 0.398. The van der Waals surface area contributed by atoms with Gasteiger partial charge in [0.1, 0.15) is 0 Å². The van der Waals surface area contributed by atoms with Crippen LogP contribution in [0.15, 0.2) is 0 Å². The Morgan fingerprint density at radius 3 is 2.19 bits per heavy atom. The summed E-state index contributed by atoms with van der Waals surface area (Å²) in [4.78, 5) is 0. The molecule has 2 saturated heterocycles.